The van der Waals surface area contributed by atoms with Crippen LogP contribution in [0.5, 0.6) is 0 Å². The number of allylic oxidation sites excluding steroid dienone is 1. The van der Waals surface area contributed by atoms with Crippen LogP contribution >= 0.6 is 0 Å². The maximum atomic E-state index is 12.5. The van der Waals surface area contributed by atoms with E-state index in [4.69, 9.17) is 14.2 Å². The van der Waals surface area contributed by atoms with E-state index in [0.29, 0.717) is 17.8 Å². The lowest BCUT2D eigenvalue weighted by Crippen LogP contribution is -2.60. The van der Waals surface area contributed by atoms with Crippen molar-refractivity contribution in [1.29, 1.82) is 0 Å². The quantitative estimate of drug-likeness (QED) is 0.0608. The minimum absolute atomic E-state index is 0.136. The SMILES string of the molecule is CCCCCCCCCCCCCC(=O)OC[C@H]1O[C@H](O[C@H]2CC[C@@]3(C)C(=CC[C@H]4[C@@H]5CC[C@H]([C@H](C)CCCC(C)C)[C@@]5(C)CC[C@@H]43)C2)[C@@H](O)[C@H](O)[C@H]1O. The van der Waals surface area contributed by atoms with E-state index in [2.05, 4.69) is 47.6 Å². The molecule has 0 aromatic heterocycles. The minimum Gasteiger partial charge on any atom is -0.463 e. The molecule has 54 heavy (non-hydrogen) atoms. The third-order valence-corrected chi connectivity index (χ3v) is 15.6. The summed E-state index contributed by atoms with van der Waals surface area (Å²) in [6.07, 6.45) is 23.4. The largest absolute Gasteiger partial charge is 0.463 e. The van der Waals surface area contributed by atoms with Gasteiger partial charge >= 0.3 is 5.97 Å². The van der Waals surface area contributed by atoms with E-state index in [1.807, 2.05) is 0 Å². The molecule has 7 heteroatoms. The molecule has 0 amide bonds. The average molecular weight is 759 g/mol. The first-order valence-electron chi connectivity index (χ1n) is 23.1. The van der Waals surface area contributed by atoms with Gasteiger partial charge in [-0.05, 0) is 104 Å². The number of hydrogen-bond donors (Lipinski definition) is 3. The number of carbonyl (C=O) groups excluding carboxylic acids is 1. The molecule has 5 aliphatic rings. The Hall–Kier alpha value is -0.990. The Morgan fingerprint density at radius 1 is 0.815 bits per heavy atom. The van der Waals surface area contributed by atoms with Crippen LogP contribution < -0.4 is 0 Å². The Kier molecular flexibility index (Phi) is 16.8. The van der Waals surface area contributed by atoms with Crippen molar-refractivity contribution in [3.8, 4) is 0 Å². The molecule has 312 valence electrons. The summed E-state index contributed by atoms with van der Waals surface area (Å²) in [7, 11) is 0. The second-order valence-corrected chi connectivity index (χ2v) is 19.8. The molecule has 0 aromatic rings. The van der Waals surface area contributed by atoms with Gasteiger partial charge in [0, 0.05) is 6.42 Å². The van der Waals surface area contributed by atoms with Crippen molar-refractivity contribution < 1.29 is 34.3 Å². The van der Waals surface area contributed by atoms with E-state index in [-0.39, 0.29) is 24.1 Å². The molecule has 0 bridgehead atoms. The predicted molar refractivity (Wildman–Crippen MR) is 217 cm³/mol. The van der Waals surface area contributed by atoms with Gasteiger partial charge in [-0.2, -0.15) is 0 Å². The minimum atomic E-state index is -1.44. The van der Waals surface area contributed by atoms with Crippen molar-refractivity contribution in [2.45, 2.75) is 226 Å². The molecule has 1 aliphatic heterocycles. The molecule has 7 nitrogen and oxygen atoms in total. The lowest BCUT2D eigenvalue weighted by molar-refractivity contribution is -0.313. The third-order valence-electron chi connectivity index (χ3n) is 15.6. The van der Waals surface area contributed by atoms with Crippen LogP contribution in [0.15, 0.2) is 11.6 Å². The van der Waals surface area contributed by atoms with Crippen LogP contribution in [-0.4, -0.2) is 64.7 Å². The predicted octanol–water partition coefficient (Wildman–Crippen LogP) is 10.5. The Morgan fingerprint density at radius 3 is 2.19 bits per heavy atom. The van der Waals surface area contributed by atoms with Gasteiger partial charge in [-0.3, -0.25) is 4.79 Å². The zero-order valence-corrected chi connectivity index (χ0v) is 35.5. The number of ether oxygens (including phenoxy) is 3. The molecule has 0 unspecified atom stereocenters. The first-order valence-corrected chi connectivity index (χ1v) is 23.1. The summed E-state index contributed by atoms with van der Waals surface area (Å²) < 4.78 is 18.0. The normalized spacial score (nSPS) is 38.4. The van der Waals surface area contributed by atoms with Gasteiger partial charge in [-0.1, -0.05) is 137 Å². The van der Waals surface area contributed by atoms with Gasteiger partial charge in [-0.15, -0.1) is 0 Å². The van der Waals surface area contributed by atoms with E-state index in [1.165, 1.54) is 102 Å². The van der Waals surface area contributed by atoms with Crippen LogP contribution in [0.3, 0.4) is 0 Å². The molecule has 3 N–H and O–H groups in total. The first-order chi connectivity index (χ1) is 25.9. The standard InChI is InChI=1S/C47H82O7/c1-7-8-9-10-11-12-13-14-15-16-17-21-41(48)52-31-40-42(49)43(50)44(51)45(54-40)53-35-26-28-46(5)34(30-35)22-23-36-38-25-24-37(33(4)20-18-19-32(2)3)47(38,6)29-27-39(36)46/h22,32-33,35-40,42-45,49-51H,7-21,23-31H2,1-6H3/t33-,35+,36+,37-,38+,39+,40-,42+,43-,44+,45+,46+,47-/m1/s1. The molecule has 13 atom stereocenters. The summed E-state index contributed by atoms with van der Waals surface area (Å²) in [5.74, 6) is 4.45. The number of rotatable bonds is 21. The Labute approximate surface area is 330 Å². The van der Waals surface area contributed by atoms with Gasteiger partial charge in [0.05, 0.1) is 6.10 Å². The highest BCUT2D eigenvalue weighted by atomic mass is 16.7. The van der Waals surface area contributed by atoms with Crippen LogP contribution in [0.25, 0.3) is 0 Å². The van der Waals surface area contributed by atoms with Crippen molar-refractivity contribution in [2.75, 3.05) is 6.61 Å². The summed E-state index contributed by atoms with van der Waals surface area (Å²) in [4.78, 5) is 12.5. The molecule has 3 saturated carbocycles. The topological polar surface area (TPSA) is 105 Å². The summed E-state index contributed by atoms with van der Waals surface area (Å²) >= 11 is 0. The molecular weight excluding hydrogens is 677 g/mol. The highest BCUT2D eigenvalue weighted by molar-refractivity contribution is 5.69. The van der Waals surface area contributed by atoms with Crippen LogP contribution in [-0.2, 0) is 19.0 Å². The van der Waals surface area contributed by atoms with E-state index in [9.17, 15) is 20.1 Å². The number of carbonyl (C=O) groups is 1. The summed E-state index contributed by atoms with van der Waals surface area (Å²) in [5.41, 5.74) is 2.15. The summed E-state index contributed by atoms with van der Waals surface area (Å²) in [5, 5.41) is 32.4. The zero-order chi connectivity index (χ0) is 38.9. The van der Waals surface area contributed by atoms with Gasteiger partial charge in [-0.25, -0.2) is 0 Å². The lowest BCUT2D eigenvalue weighted by Gasteiger charge is -2.58. The summed E-state index contributed by atoms with van der Waals surface area (Å²) in [6.45, 7) is 14.5. The maximum absolute atomic E-state index is 12.5. The van der Waals surface area contributed by atoms with Crippen LogP contribution in [0, 0.1) is 46.3 Å². The van der Waals surface area contributed by atoms with Crippen molar-refractivity contribution in [3.05, 3.63) is 11.6 Å². The van der Waals surface area contributed by atoms with Crippen molar-refractivity contribution in [3.63, 3.8) is 0 Å². The summed E-state index contributed by atoms with van der Waals surface area (Å²) in [6, 6.07) is 0. The maximum Gasteiger partial charge on any atom is 0.305 e. The van der Waals surface area contributed by atoms with Crippen LogP contribution in [0.4, 0.5) is 0 Å². The van der Waals surface area contributed by atoms with Crippen LogP contribution in [0.2, 0.25) is 0 Å². The lowest BCUT2D eigenvalue weighted by atomic mass is 9.47. The van der Waals surface area contributed by atoms with E-state index in [0.717, 1.165) is 74.5 Å². The van der Waals surface area contributed by atoms with Gasteiger partial charge in [0.25, 0.3) is 0 Å². The van der Waals surface area contributed by atoms with Crippen LogP contribution in [0.1, 0.15) is 189 Å². The first kappa shape index (κ1) is 44.1. The second-order valence-electron chi connectivity index (χ2n) is 19.8. The molecular formula is C47H82O7. The highest BCUT2D eigenvalue weighted by Crippen LogP contribution is 2.67. The van der Waals surface area contributed by atoms with Gasteiger partial charge < -0.3 is 29.5 Å². The fourth-order valence-corrected chi connectivity index (χ4v) is 12.3. The molecule has 5 rings (SSSR count). The Bertz CT molecular complexity index is 1170. The van der Waals surface area contributed by atoms with Crippen molar-refractivity contribution >= 4 is 5.97 Å². The van der Waals surface area contributed by atoms with E-state index >= 15 is 0 Å². The molecule has 1 heterocycles. The Morgan fingerprint density at radius 2 is 1.50 bits per heavy atom. The fraction of sp³-hybridized carbons (Fsp3) is 0.936. The molecule has 0 spiro atoms. The van der Waals surface area contributed by atoms with E-state index < -0.39 is 30.7 Å². The average Bonchev–Trinajstić information content (AvgIpc) is 3.50. The molecule has 1 saturated heterocycles. The molecule has 0 radical (unpaired) electrons. The molecule has 4 aliphatic carbocycles. The Balaban J connectivity index is 1.06. The van der Waals surface area contributed by atoms with Crippen molar-refractivity contribution in [2.24, 2.45) is 46.3 Å². The van der Waals surface area contributed by atoms with Gasteiger partial charge in [0.2, 0.25) is 0 Å². The van der Waals surface area contributed by atoms with E-state index in [1.54, 1.807) is 0 Å². The van der Waals surface area contributed by atoms with Gasteiger partial charge in [0.15, 0.2) is 6.29 Å². The molecule has 4 fully saturated rings. The third kappa shape index (κ3) is 10.7. The molecule has 0 aromatic carbocycles. The smallest absolute Gasteiger partial charge is 0.305 e. The zero-order valence-electron chi connectivity index (χ0n) is 35.5. The number of aliphatic hydroxyl groups excluding tert-OH is 3. The number of aliphatic hydroxyl groups is 3. The number of unbranched alkanes of at least 4 members (excludes halogenated alkanes) is 10. The van der Waals surface area contributed by atoms with Crippen molar-refractivity contribution in [1.82, 2.24) is 0 Å². The number of esters is 1. The number of hydrogen-bond acceptors (Lipinski definition) is 7. The highest BCUT2D eigenvalue weighted by Gasteiger charge is 2.59. The number of fused-ring (bicyclic) bond motifs is 5. The fourth-order valence-electron chi connectivity index (χ4n) is 12.3. The monoisotopic (exact) mass is 759 g/mol. The van der Waals surface area contributed by atoms with Gasteiger partial charge in [0.1, 0.15) is 31.0 Å². The second kappa shape index (κ2) is 20.6.